The van der Waals surface area contributed by atoms with E-state index in [4.69, 9.17) is 0 Å². The van der Waals surface area contributed by atoms with Gasteiger partial charge in [-0.05, 0) is 20.8 Å². The molecule has 0 heterocycles. The van der Waals surface area contributed by atoms with Gasteiger partial charge < -0.3 is 0 Å². The van der Waals surface area contributed by atoms with Crippen molar-refractivity contribution >= 4 is 0 Å². The van der Waals surface area contributed by atoms with E-state index in [0.29, 0.717) is 6.92 Å². The predicted octanol–water partition coefficient (Wildman–Crippen LogP) is 4.22. The highest BCUT2D eigenvalue weighted by atomic mass is 19.3. The fourth-order valence-electron chi connectivity index (χ4n) is 0.863. The van der Waals surface area contributed by atoms with Gasteiger partial charge in [-0.3, -0.25) is 0 Å². The van der Waals surface area contributed by atoms with Crippen molar-refractivity contribution in [1.29, 1.82) is 0 Å². The maximum absolute atomic E-state index is 13.1. The van der Waals surface area contributed by atoms with Gasteiger partial charge in [0.2, 0.25) is 0 Å². The highest BCUT2D eigenvalue weighted by Crippen LogP contribution is 2.49. The molecule has 0 aromatic rings. The fraction of sp³-hybridized carbons (Fsp3) is 0.778. The number of halogens is 7. The Bertz CT molecular complexity index is 286. The summed E-state index contributed by atoms with van der Waals surface area (Å²) in [5, 5.41) is 0. The van der Waals surface area contributed by atoms with E-state index in [-0.39, 0.29) is 5.57 Å². The first-order chi connectivity index (χ1) is 6.91. The van der Waals surface area contributed by atoms with Crippen molar-refractivity contribution in [3.8, 4) is 0 Å². The molecule has 0 saturated carbocycles. The van der Waals surface area contributed by atoms with E-state index < -0.39 is 30.0 Å². The Kier molecular flexibility index (Phi) is 4.05. The minimum atomic E-state index is -5.75. The number of allylic oxidation sites excluding steroid dienone is 2. The Hall–Kier alpha value is -0.750. The van der Waals surface area contributed by atoms with Crippen LogP contribution in [0.25, 0.3) is 0 Å². The number of hydrogen-bond acceptors (Lipinski definition) is 0. The van der Waals surface area contributed by atoms with E-state index in [1.54, 1.807) is 0 Å². The monoisotopic (exact) mass is 252 g/mol. The van der Waals surface area contributed by atoms with Gasteiger partial charge in [-0.2, -0.15) is 26.3 Å². The second kappa shape index (κ2) is 4.25. The van der Waals surface area contributed by atoms with Gasteiger partial charge in [0, 0.05) is 5.57 Å². The van der Waals surface area contributed by atoms with Crippen LogP contribution >= 0.6 is 0 Å². The van der Waals surface area contributed by atoms with Crippen molar-refractivity contribution < 1.29 is 30.7 Å². The summed E-state index contributed by atoms with van der Waals surface area (Å²) in [6.07, 6.45) is 0. The summed E-state index contributed by atoms with van der Waals surface area (Å²) < 4.78 is 88.3. The van der Waals surface area contributed by atoms with Gasteiger partial charge in [-0.1, -0.05) is 5.57 Å². The third-order valence-electron chi connectivity index (χ3n) is 2.24. The molecule has 0 nitrogen and oxygen atoms in total. The van der Waals surface area contributed by atoms with Crippen LogP contribution in [0.2, 0.25) is 0 Å². The van der Waals surface area contributed by atoms with E-state index >= 15 is 0 Å². The topological polar surface area (TPSA) is 0 Å². The Morgan fingerprint density at radius 2 is 1.25 bits per heavy atom. The summed E-state index contributed by atoms with van der Waals surface area (Å²) in [7, 11) is 0. The molecule has 7 heteroatoms. The van der Waals surface area contributed by atoms with Crippen LogP contribution in [0.3, 0.4) is 0 Å². The number of alkyl halides is 7. The molecule has 0 aliphatic heterocycles. The molecular formula is C9H11F7. The molecule has 0 amide bonds. The number of hydrogen-bond donors (Lipinski definition) is 0. The van der Waals surface area contributed by atoms with Gasteiger partial charge in [0.1, 0.15) is 0 Å². The lowest BCUT2D eigenvalue weighted by Crippen LogP contribution is -2.55. The van der Waals surface area contributed by atoms with E-state index in [2.05, 4.69) is 0 Å². The van der Waals surface area contributed by atoms with Crippen molar-refractivity contribution in [2.75, 3.05) is 6.67 Å². The molecule has 0 aromatic carbocycles. The smallest absolute Gasteiger partial charge is 0.244 e. The Morgan fingerprint density at radius 3 is 1.50 bits per heavy atom. The molecule has 0 aliphatic rings. The van der Waals surface area contributed by atoms with E-state index in [0.717, 1.165) is 13.8 Å². The lowest BCUT2D eigenvalue weighted by molar-refractivity contribution is -0.299. The normalized spacial score (nSPS) is 13.9. The van der Waals surface area contributed by atoms with Crippen molar-refractivity contribution in [1.82, 2.24) is 0 Å². The SMILES string of the molecule is CC(C)=C(C)C(F)(F)C(F)(F)C(F)(F)CF. The van der Waals surface area contributed by atoms with Gasteiger partial charge in [-0.15, -0.1) is 0 Å². The van der Waals surface area contributed by atoms with Crippen molar-refractivity contribution in [2.45, 2.75) is 38.5 Å². The van der Waals surface area contributed by atoms with E-state index in [9.17, 15) is 30.7 Å². The first-order valence-corrected chi connectivity index (χ1v) is 4.25. The summed E-state index contributed by atoms with van der Waals surface area (Å²) >= 11 is 0. The maximum Gasteiger partial charge on any atom is 0.378 e. The average molecular weight is 252 g/mol. The second-order valence-electron chi connectivity index (χ2n) is 3.61. The Balaban J connectivity index is 5.56. The molecule has 0 saturated heterocycles. The maximum atomic E-state index is 13.1. The molecule has 0 aromatic heterocycles. The van der Waals surface area contributed by atoms with Crippen LogP contribution in [-0.2, 0) is 0 Å². The Labute approximate surface area is 88.1 Å². The van der Waals surface area contributed by atoms with Crippen LogP contribution in [0.1, 0.15) is 20.8 Å². The molecule has 96 valence electrons. The van der Waals surface area contributed by atoms with Gasteiger partial charge in [-0.25, -0.2) is 4.39 Å². The standard InChI is InChI=1S/C9H11F7/c1-5(2)6(3)8(13,14)9(15,16)7(11,12)4-10/h4H2,1-3H3. The zero-order chi connectivity index (χ0) is 13.4. The van der Waals surface area contributed by atoms with E-state index in [1.165, 1.54) is 0 Å². The molecular weight excluding hydrogens is 241 g/mol. The van der Waals surface area contributed by atoms with Crippen molar-refractivity contribution in [3.63, 3.8) is 0 Å². The summed E-state index contributed by atoms with van der Waals surface area (Å²) in [5.41, 5.74) is -1.41. The lowest BCUT2D eigenvalue weighted by Gasteiger charge is -2.32. The quantitative estimate of drug-likeness (QED) is 0.519. The molecule has 0 rings (SSSR count). The predicted molar refractivity (Wildman–Crippen MR) is 44.9 cm³/mol. The third-order valence-corrected chi connectivity index (χ3v) is 2.24. The summed E-state index contributed by atoms with van der Waals surface area (Å²) in [6.45, 7) is -0.0803. The second-order valence-corrected chi connectivity index (χ2v) is 3.61. The number of rotatable bonds is 4. The summed E-state index contributed by atoms with van der Waals surface area (Å²) in [4.78, 5) is 0. The van der Waals surface area contributed by atoms with Gasteiger partial charge >= 0.3 is 17.8 Å². The Morgan fingerprint density at radius 1 is 0.875 bits per heavy atom. The lowest BCUT2D eigenvalue weighted by atomic mass is 9.96. The molecule has 0 spiro atoms. The first-order valence-electron chi connectivity index (χ1n) is 4.25. The summed E-state index contributed by atoms with van der Waals surface area (Å²) in [5.74, 6) is -16.2. The van der Waals surface area contributed by atoms with Crippen molar-refractivity contribution in [3.05, 3.63) is 11.1 Å². The van der Waals surface area contributed by atoms with Gasteiger partial charge in [0.25, 0.3) is 0 Å². The molecule has 16 heavy (non-hydrogen) atoms. The zero-order valence-corrected chi connectivity index (χ0v) is 8.85. The third kappa shape index (κ3) is 2.17. The zero-order valence-electron chi connectivity index (χ0n) is 8.85. The largest absolute Gasteiger partial charge is 0.378 e. The average Bonchev–Trinajstić information content (AvgIpc) is 2.15. The van der Waals surface area contributed by atoms with Gasteiger partial charge in [0.15, 0.2) is 6.67 Å². The van der Waals surface area contributed by atoms with Crippen molar-refractivity contribution in [2.24, 2.45) is 0 Å². The van der Waals surface area contributed by atoms with Crippen LogP contribution in [0.15, 0.2) is 11.1 Å². The highest BCUT2D eigenvalue weighted by Gasteiger charge is 2.72. The molecule has 0 aliphatic carbocycles. The van der Waals surface area contributed by atoms with Crippen LogP contribution < -0.4 is 0 Å². The van der Waals surface area contributed by atoms with Crippen LogP contribution in [-0.4, -0.2) is 24.4 Å². The minimum Gasteiger partial charge on any atom is -0.244 e. The molecule has 0 fully saturated rings. The minimum absolute atomic E-state index is 0.223. The first kappa shape index (κ1) is 15.2. The molecule has 0 bridgehead atoms. The van der Waals surface area contributed by atoms with Crippen LogP contribution in [0.5, 0.6) is 0 Å². The van der Waals surface area contributed by atoms with E-state index in [1.807, 2.05) is 0 Å². The van der Waals surface area contributed by atoms with Crippen LogP contribution in [0.4, 0.5) is 30.7 Å². The highest BCUT2D eigenvalue weighted by molar-refractivity contribution is 5.22. The van der Waals surface area contributed by atoms with Gasteiger partial charge in [0.05, 0.1) is 0 Å². The van der Waals surface area contributed by atoms with Crippen LogP contribution in [0, 0.1) is 0 Å². The fourth-order valence-corrected chi connectivity index (χ4v) is 0.863. The molecule has 0 N–H and O–H groups in total. The summed E-state index contributed by atoms with van der Waals surface area (Å²) in [6, 6.07) is 0. The molecule has 0 unspecified atom stereocenters. The molecule has 0 radical (unpaired) electrons. The molecule has 0 atom stereocenters.